The normalized spacial score (nSPS) is 18.7. The minimum Gasteiger partial charge on any atom is -0.389 e. The minimum absolute atomic E-state index is 0.284. The predicted molar refractivity (Wildman–Crippen MR) is 69.5 cm³/mol. The standard InChI is InChI=1S/C13H16F3NO3S/c14-9-4-5-10(12(16)11(9)15)21(19,20)17-8-13(18)6-2-1-3-7-13/h4-5,17-18H,1-3,6-8H2. The molecular formula is C13H16F3NO3S. The molecule has 0 saturated heterocycles. The van der Waals surface area contributed by atoms with Gasteiger partial charge in [-0.05, 0) is 25.0 Å². The number of halogens is 3. The van der Waals surface area contributed by atoms with Gasteiger partial charge in [-0.3, -0.25) is 0 Å². The van der Waals surface area contributed by atoms with Crippen LogP contribution in [-0.4, -0.2) is 25.7 Å². The summed E-state index contributed by atoms with van der Waals surface area (Å²) in [7, 11) is -4.36. The Balaban J connectivity index is 2.17. The first-order valence-corrected chi connectivity index (χ1v) is 8.09. The molecule has 21 heavy (non-hydrogen) atoms. The zero-order valence-corrected chi connectivity index (χ0v) is 12.0. The Morgan fingerprint density at radius 2 is 1.71 bits per heavy atom. The van der Waals surface area contributed by atoms with E-state index in [0.29, 0.717) is 25.0 Å². The van der Waals surface area contributed by atoms with Gasteiger partial charge in [-0.25, -0.2) is 26.3 Å². The van der Waals surface area contributed by atoms with Crippen molar-refractivity contribution < 1.29 is 26.7 Å². The molecule has 0 atom stereocenters. The largest absolute Gasteiger partial charge is 0.389 e. The summed E-state index contributed by atoms with van der Waals surface area (Å²) in [6, 6.07) is 1.20. The van der Waals surface area contributed by atoms with Crippen molar-refractivity contribution in [2.24, 2.45) is 0 Å². The van der Waals surface area contributed by atoms with E-state index in [1.807, 2.05) is 0 Å². The maximum absolute atomic E-state index is 13.5. The van der Waals surface area contributed by atoms with E-state index in [0.717, 1.165) is 19.3 Å². The molecule has 0 bridgehead atoms. The number of sulfonamides is 1. The zero-order valence-electron chi connectivity index (χ0n) is 11.2. The van der Waals surface area contributed by atoms with Crippen LogP contribution in [0.2, 0.25) is 0 Å². The third-order valence-electron chi connectivity index (χ3n) is 3.66. The summed E-state index contributed by atoms with van der Waals surface area (Å²) in [5, 5.41) is 10.2. The van der Waals surface area contributed by atoms with Crippen molar-refractivity contribution in [2.75, 3.05) is 6.54 Å². The number of hydrogen-bond donors (Lipinski definition) is 2. The van der Waals surface area contributed by atoms with Crippen LogP contribution in [0.3, 0.4) is 0 Å². The fourth-order valence-electron chi connectivity index (χ4n) is 2.41. The number of hydrogen-bond acceptors (Lipinski definition) is 3. The first-order valence-electron chi connectivity index (χ1n) is 6.61. The molecule has 0 aromatic heterocycles. The van der Waals surface area contributed by atoms with E-state index >= 15 is 0 Å². The summed E-state index contributed by atoms with van der Waals surface area (Å²) in [5.41, 5.74) is -1.18. The molecule has 1 fully saturated rings. The molecule has 1 saturated carbocycles. The highest BCUT2D eigenvalue weighted by Gasteiger charge is 2.32. The van der Waals surface area contributed by atoms with Crippen LogP contribution in [0.4, 0.5) is 13.2 Å². The van der Waals surface area contributed by atoms with Crippen LogP contribution in [0.5, 0.6) is 0 Å². The van der Waals surface area contributed by atoms with Crippen molar-refractivity contribution in [3.05, 3.63) is 29.6 Å². The number of nitrogens with one attached hydrogen (secondary N) is 1. The molecule has 2 rings (SSSR count). The molecule has 0 heterocycles. The maximum atomic E-state index is 13.5. The van der Waals surface area contributed by atoms with Crippen molar-refractivity contribution in [2.45, 2.75) is 42.6 Å². The van der Waals surface area contributed by atoms with Crippen molar-refractivity contribution >= 4 is 10.0 Å². The highest BCUT2D eigenvalue weighted by Crippen LogP contribution is 2.28. The first kappa shape index (κ1) is 16.3. The summed E-state index contributed by atoms with van der Waals surface area (Å²) in [6.07, 6.45) is 3.40. The van der Waals surface area contributed by atoms with E-state index in [-0.39, 0.29) is 6.54 Å². The molecule has 0 unspecified atom stereocenters. The average molecular weight is 323 g/mol. The first-order chi connectivity index (χ1) is 9.75. The Hall–Kier alpha value is -1.12. The second-order valence-electron chi connectivity index (χ2n) is 5.28. The molecule has 0 spiro atoms. The lowest BCUT2D eigenvalue weighted by Crippen LogP contribution is -2.44. The van der Waals surface area contributed by atoms with E-state index in [1.165, 1.54) is 0 Å². The Morgan fingerprint density at radius 1 is 1.10 bits per heavy atom. The number of benzene rings is 1. The van der Waals surface area contributed by atoms with Gasteiger partial charge in [-0.2, -0.15) is 0 Å². The van der Waals surface area contributed by atoms with Crippen molar-refractivity contribution in [1.29, 1.82) is 0 Å². The topological polar surface area (TPSA) is 66.4 Å². The van der Waals surface area contributed by atoms with E-state index in [1.54, 1.807) is 0 Å². The molecule has 0 radical (unpaired) electrons. The number of aliphatic hydroxyl groups is 1. The summed E-state index contributed by atoms with van der Waals surface area (Å²) in [4.78, 5) is -0.971. The van der Waals surface area contributed by atoms with Gasteiger partial charge in [0, 0.05) is 6.54 Å². The average Bonchev–Trinajstić information content (AvgIpc) is 2.44. The smallest absolute Gasteiger partial charge is 0.243 e. The molecular weight excluding hydrogens is 307 g/mol. The molecule has 0 aliphatic heterocycles. The van der Waals surface area contributed by atoms with Gasteiger partial charge in [0.05, 0.1) is 5.60 Å². The van der Waals surface area contributed by atoms with Gasteiger partial charge in [-0.15, -0.1) is 0 Å². The zero-order chi connectivity index (χ0) is 15.7. The Labute approximate surface area is 121 Å². The summed E-state index contributed by atoms with van der Waals surface area (Å²) < 4.78 is 65.4. The summed E-state index contributed by atoms with van der Waals surface area (Å²) in [6.45, 7) is -0.284. The van der Waals surface area contributed by atoms with Crippen molar-refractivity contribution in [3.63, 3.8) is 0 Å². The fourth-order valence-corrected chi connectivity index (χ4v) is 3.60. The monoisotopic (exact) mass is 323 g/mol. The highest BCUT2D eigenvalue weighted by atomic mass is 32.2. The lowest BCUT2D eigenvalue weighted by atomic mass is 9.85. The van der Waals surface area contributed by atoms with Crippen LogP contribution in [-0.2, 0) is 10.0 Å². The molecule has 118 valence electrons. The second kappa shape index (κ2) is 5.94. The Kier molecular flexibility index (Phi) is 4.60. The molecule has 1 aliphatic rings. The Morgan fingerprint density at radius 3 is 2.33 bits per heavy atom. The molecule has 1 aliphatic carbocycles. The SMILES string of the molecule is O=S(=O)(NCC1(O)CCCCC1)c1ccc(F)c(F)c1F. The van der Waals surface area contributed by atoms with Gasteiger partial charge in [0.2, 0.25) is 10.0 Å². The molecule has 8 heteroatoms. The molecule has 2 N–H and O–H groups in total. The lowest BCUT2D eigenvalue weighted by molar-refractivity contribution is 0.00944. The van der Waals surface area contributed by atoms with Crippen LogP contribution in [0.15, 0.2) is 17.0 Å². The van der Waals surface area contributed by atoms with Gasteiger partial charge in [-0.1, -0.05) is 19.3 Å². The van der Waals surface area contributed by atoms with Gasteiger partial charge >= 0.3 is 0 Å². The van der Waals surface area contributed by atoms with E-state index in [2.05, 4.69) is 4.72 Å². The molecule has 0 amide bonds. The van der Waals surface area contributed by atoms with Crippen LogP contribution in [0.25, 0.3) is 0 Å². The lowest BCUT2D eigenvalue weighted by Gasteiger charge is -2.32. The molecule has 1 aromatic carbocycles. The third-order valence-corrected chi connectivity index (χ3v) is 5.08. The second-order valence-corrected chi connectivity index (χ2v) is 7.02. The van der Waals surface area contributed by atoms with E-state index < -0.39 is 38.0 Å². The maximum Gasteiger partial charge on any atom is 0.243 e. The van der Waals surface area contributed by atoms with Crippen molar-refractivity contribution in [1.82, 2.24) is 4.72 Å². The number of rotatable bonds is 4. The summed E-state index contributed by atoms with van der Waals surface area (Å²) in [5.74, 6) is -5.07. The quantitative estimate of drug-likeness (QED) is 0.834. The van der Waals surface area contributed by atoms with E-state index in [4.69, 9.17) is 0 Å². The summed E-state index contributed by atoms with van der Waals surface area (Å²) >= 11 is 0. The molecule has 4 nitrogen and oxygen atoms in total. The predicted octanol–water partition coefficient (Wildman–Crippen LogP) is 2.08. The van der Waals surface area contributed by atoms with E-state index in [9.17, 15) is 26.7 Å². The molecule has 1 aromatic rings. The van der Waals surface area contributed by atoms with Crippen LogP contribution in [0.1, 0.15) is 32.1 Å². The van der Waals surface area contributed by atoms with Crippen LogP contribution in [0, 0.1) is 17.5 Å². The van der Waals surface area contributed by atoms with Crippen LogP contribution < -0.4 is 4.72 Å². The fraction of sp³-hybridized carbons (Fsp3) is 0.538. The highest BCUT2D eigenvalue weighted by molar-refractivity contribution is 7.89. The van der Waals surface area contributed by atoms with Crippen LogP contribution >= 0.6 is 0 Å². The Bertz CT molecular complexity index is 628. The van der Waals surface area contributed by atoms with Gasteiger partial charge in [0.25, 0.3) is 0 Å². The van der Waals surface area contributed by atoms with Gasteiger partial charge in [0.1, 0.15) is 4.90 Å². The van der Waals surface area contributed by atoms with Crippen molar-refractivity contribution in [3.8, 4) is 0 Å². The minimum atomic E-state index is -4.36. The van der Waals surface area contributed by atoms with Gasteiger partial charge in [0.15, 0.2) is 17.5 Å². The third kappa shape index (κ3) is 3.56. The van der Waals surface area contributed by atoms with Gasteiger partial charge < -0.3 is 5.11 Å².